The van der Waals surface area contributed by atoms with Crippen LogP contribution in [0.2, 0.25) is 0 Å². The summed E-state index contributed by atoms with van der Waals surface area (Å²) in [5.41, 5.74) is 0. The molecule has 4 heteroatoms. The normalized spacial score (nSPS) is 19.7. The summed E-state index contributed by atoms with van der Waals surface area (Å²) in [6.45, 7) is 6.96. The molecular formula is C10H17N3O. The van der Waals surface area contributed by atoms with Crippen LogP contribution in [0.1, 0.15) is 6.92 Å². The van der Waals surface area contributed by atoms with E-state index in [1.807, 2.05) is 6.92 Å². The van der Waals surface area contributed by atoms with Crippen LogP contribution in [-0.4, -0.2) is 49.6 Å². The average Bonchev–Trinajstić information content (AvgIpc) is 2.19. The first-order valence-electron chi connectivity index (χ1n) is 4.92. The second-order valence-corrected chi connectivity index (χ2v) is 3.57. The minimum Gasteiger partial charge on any atom is -0.342 e. The van der Waals surface area contributed by atoms with Gasteiger partial charge in [0.2, 0.25) is 0 Å². The molecule has 0 aromatic heterocycles. The first-order valence-corrected chi connectivity index (χ1v) is 4.92. The Bertz CT molecular complexity index is 228. The number of piperazine rings is 1. The summed E-state index contributed by atoms with van der Waals surface area (Å²) in [6, 6.07) is 0.122. The molecule has 0 aromatic carbocycles. The lowest BCUT2D eigenvalue weighted by Gasteiger charge is -2.29. The molecule has 1 amide bonds. The van der Waals surface area contributed by atoms with E-state index in [4.69, 9.17) is 6.42 Å². The minimum absolute atomic E-state index is 0.122. The molecule has 1 atom stereocenters. The molecule has 1 unspecified atom stereocenters. The third-order valence-corrected chi connectivity index (χ3v) is 2.25. The maximum absolute atomic E-state index is 10.9. The quantitative estimate of drug-likeness (QED) is 0.570. The second kappa shape index (κ2) is 5.63. The predicted octanol–water partition coefficient (Wildman–Crippen LogP) is -0.970. The Morgan fingerprint density at radius 3 is 2.86 bits per heavy atom. The van der Waals surface area contributed by atoms with Gasteiger partial charge >= 0.3 is 0 Å². The van der Waals surface area contributed by atoms with Crippen LogP contribution in [0, 0.1) is 12.3 Å². The fourth-order valence-corrected chi connectivity index (χ4v) is 1.59. The summed E-state index contributed by atoms with van der Waals surface area (Å²) in [5.74, 6) is 1.73. The Kier molecular flexibility index (Phi) is 4.44. The van der Waals surface area contributed by atoms with Gasteiger partial charge in [0.1, 0.15) is 0 Å². The number of hydrogen-bond acceptors (Lipinski definition) is 3. The summed E-state index contributed by atoms with van der Waals surface area (Å²) in [6.07, 6.45) is 4.97. The SMILES string of the molecule is C#CC(=O)NC(C)CN1CCNCC1. The van der Waals surface area contributed by atoms with Crippen molar-refractivity contribution in [2.24, 2.45) is 0 Å². The zero-order valence-corrected chi connectivity index (χ0v) is 8.55. The summed E-state index contributed by atoms with van der Waals surface area (Å²) >= 11 is 0. The van der Waals surface area contributed by atoms with Crippen LogP contribution in [-0.2, 0) is 4.79 Å². The molecule has 2 N–H and O–H groups in total. The van der Waals surface area contributed by atoms with Crippen molar-refractivity contribution >= 4 is 5.91 Å². The summed E-state index contributed by atoms with van der Waals surface area (Å²) in [5, 5.41) is 6.02. The number of terminal acetylenes is 1. The highest BCUT2D eigenvalue weighted by Crippen LogP contribution is 1.94. The molecule has 14 heavy (non-hydrogen) atoms. The van der Waals surface area contributed by atoms with Crippen molar-refractivity contribution in [3.8, 4) is 12.3 Å². The van der Waals surface area contributed by atoms with Gasteiger partial charge in [-0.25, -0.2) is 0 Å². The van der Waals surface area contributed by atoms with Crippen molar-refractivity contribution < 1.29 is 4.79 Å². The molecule has 0 aromatic rings. The molecule has 1 saturated heterocycles. The van der Waals surface area contributed by atoms with E-state index in [1.165, 1.54) is 0 Å². The van der Waals surface area contributed by atoms with E-state index in [9.17, 15) is 4.79 Å². The van der Waals surface area contributed by atoms with Crippen LogP contribution in [0.5, 0.6) is 0 Å². The highest BCUT2D eigenvalue weighted by molar-refractivity contribution is 5.92. The topological polar surface area (TPSA) is 44.4 Å². The third kappa shape index (κ3) is 3.77. The Balaban J connectivity index is 2.22. The van der Waals surface area contributed by atoms with E-state index in [0.29, 0.717) is 0 Å². The van der Waals surface area contributed by atoms with Gasteiger partial charge in [-0.3, -0.25) is 9.69 Å². The van der Waals surface area contributed by atoms with E-state index in [2.05, 4.69) is 21.5 Å². The zero-order valence-electron chi connectivity index (χ0n) is 8.55. The second-order valence-electron chi connectivity index (χ2n) is 3.57. The summed E-state index contributed by atoms with van der Waals surface area (Å²) < 4.78 is 0. The van der Waals surface area contributed by atoms with Gasteiger partial charge in [0.15, 0.2) is 0 Å². The van der Waals surface area contributed by atoms with E-state index in [0.717, 1.165) is 32.7 Å². The zero-order chi connectivity index (χ0) is 10.4. The van der Waals surface area contributed by atoms with Crippen molar-refractivity contribution in [3.63, 3.8) is 0 Å². The maximum atomic E-state index is 10.9. The first kappa shape index (κ1) is 11.0. The predicted molar refractivity (Wildman–Crippen MR) is 55.7 cm³/mol. The van der Waals surface area contributed by atoms with Gasteiger partial charge in [-0.05, 0) is 12.8 Å². The van der Waals surface area contributed by atoms with Crippen LogP contribution >= 0.6 is 0 Å². The average molecular weight is 195 g/mol. The smallest absolute Gasteiger partial charge is 0.295 e. The molecule has 0 aliphatic carbocycles. The fourth-order valence-electron chi connectivity index (χ4n) is 1.59. The molecule has 0 saturated carbocycles. The Morgan fingerprint density at radius 2 is 2.29 bits per heavy atom. The van der Waals surface area contributed by atoms with Crippen LogP contribution in [0.3, 0.4) is 0 Å². The number of amides is 1. The van der Waals surface area contributed by atoms with Gasteiger partial charge in [-0.1, -0.05) is 0 Å². The fraction of sp³-hybridized carbons (Fsp3) is 0.700. The first-order chi connectivity index (χ1) is 6.72. The number of rotatable bonds is 3. The van der Waals surface area contributed by atoms with E-state index in [1.54, 1.807) is 0 Å². The van der Waals surface area contributed by atoms with Crippen LogP contribution in [0.4, 0.5) is 0 Å². The summed E-state index contributed by atoms with van der Waals surface area (Å²) in [7, 11) is 0. The number of nitrogens with one attached hydrogen (secondary N) is 2. The van der Waals surface area contributed by atoms with Gasteiger partial charge in [0, 0.05) is 38.8 Å². The van der Waals surface area contributed by atoms with E-state index < -0.39 is 0 Å². The van der Waals surface area contributed by atoms with Crippen LogP contribution in [0.15, 0.2) is 0 Å². The van der Waals surface area contributed by atoms with E-state index >= 15 is 0 Å². The lowest BCUT2D eigenvalue weighted by Crippen LogP contribution is -2.49. The molecule has 4 nitrogen and oxygen atoms in total. The molecular weight excluding hydrogens is 178 g/mol. The number of nitrogens with zero attached hydrogens (tertiary/aromatic N) is 1. The summed E-state index contributed by atoms with van der Waals surface area (Å²) in [4.78, 5) is 13.2. The van der Waals surface area contributed by atoms with Crippen molar-refractivity contribution in [2.45, 2.75) is 13.0 Å². The number of hydrogen-bond donors (Lipinski definition) is 2. The Morgan fingerprint density at radius 1 is 1.64 bits per heavy atom. The number of carbonyl (C=O) groups excluding carboxylic acids is 1. The van der Waals surface area contributed by atoms with Crippen LogP contribution < -0.4 is 10.6 Å². The van der Waals surface area contributed by atoms with Crippen molar-refractivity contribution in [2.75, 3.05) is 32.7 Å². The van der Waals surface area contributed by atoms with Gasteiger partial charge in [0.05, 0.1) is 0 Å². The highest BCUT2D eigenvalue weighted by atomic mass is 16.1. The Labute approximate surface area is 85.0 Å². The van der Waals surface area contributed by atoms with Gasteiger partial charge in [0.25, 0.3) is 5.91 Å². The van der Waals surface area contributed by atoms with Crippen molar-refractivity contribution in [1.29, 1.82) is 0 Å². The third-order valence-electron chi connectivity index (χ3n) is 2.25. The van der Waals surface area contributed by atoms with Gasteiger partial charge in [-0.15, -0.1) is 6.42 Å². The molecule has 78 valence electrons. The molecule has 1 aliphatic rings. The Hall–Kier alpha value is -1.05. The van der Waals surface area contributed by atoms with Crippen LogP contribution in [0.25, 0.3) is 0 Å². The standard InChI is InChI=1S/C10H17N3O/c1-3-10(14)12-9(2)8-13-6-4-11-5-7-13/h1,9,11H,4-8H2,2H3,(H,12,14). The molecule has 1 aliphatic heterocycles. The lowest BCUT2D eigenvalue weighted by molar-refractivity contribution is -0.116. The molecule has 0 spiro atoms. The van der Waals surface area contributed by atoms with Gasteiger partial charge in [-0.2, -0.15) is 0 Å². The molecule has 0 bridgehead atoms. The monoisotopic (exact) mass is 195 g/mol. The molecule has 1 rings (SSSR count). The van der Waals surface area contributed by atoms with Crippen molar-refractivity contribution in [3.05, 3.63) is 0 Å². The lowest BCUT2D eigenvalue weighted by atomic mass is 10.2. The van der Waals surface area contributed by atoms with E-state index in [-0.39, 0.29) is 11.9 Å². The number of carbonyl (C=O) groups is 1. The minimum atomic E-state index is -0.326. The molecule has 0 radical (unpaired) electrons. The van der Waals surface area contributed by atoms with Gasteiger partial charge < -0.3 is 10.6 Å². The van der Waals surface area contributed by atoms with Crippen molar-refractivity contribution in [1.82, 2.24) is 15.5 Å². The molecule has 1 heterocycles. The molecule has 1 fully saturated rings. The highest BCUT2D eigenvalue weighted by Gasteiger charge is 2.13. The maximum Gasteiger partial charge on any atom is 0.295 e. The largest absolute Gasteiger partial charge is 0.342 e.